The van der Waals surface area contributed by atoms with Gasteiger partial charge in [0.15, 0.2) is 5.78 Å². The maximum atomic E-state index is 13.6. The van der Waals surface area contributed by atoms with Gasteiger partial charge in [-0.15, -0.1) is 11.8 Å². The van der Waals surface area contributed by atoms with Crippen LogP contribution in [0, 0.1) is 5.41 Å². The van der Waals surface area contributed by atoms with Gasteiger partial charge >= 0.3 is 24.5 Å². The summed E-state index contributed by atoms with van der Waals surface area (Å²) in [5.74, 6) is -1.35. The predicted molar refractivity (Wildman–Crippen MR) is 140 cm³/mol. The molecule has 15 heteroatoms. The van der Waals surface area contributed by atoms with Crippen LogP contribution in [0.4, 0.5) is 35.9 Å². The molecule has 0 atom stereocenters. The number of amides is 2. The van der Waals surface area contributed by atoms with E-state index in [0.717, 1.165) is 48.2 Å². The Morgan fingerprint density at radius 1 is 0.810 bits per heavy atom. The van der Waals surface area contributed by atoms with Gasteiger partial charge in [0, 0.05) is 29.3 Å². The van der Waals surface area contributed by atoms with Crippen LogP contribution < -0.4 is 20.1 Å². The van der Waals surface area contributed by atoms with Crippen LogP contribution in [0.1, 0.15) is 21.5 Å². The van der Waals surface area contributed by atoms with E-state index in [1.807, 2.05) is 0 Å². The number of hydrogen-bond donors (Lipinski definition) is 2. The minimum Gasteiger partial charge on any atom is -0.410 e. The van der Waals surface area contributed by atoms with Crippen molar-refractivity contribution in [3.63, 3.8) is 0 Å². The largest absolute Gasteiger partial charge is 0.416 e. The quantitative estimate of drug-likeness (QED) is 0.279. The predicted octanol–water partition coefficient (Wildman–Crippen LogP) is 7.23. The molecule has 2 amide bonds. The molecule has 1 heterocycles. The van der Waals surface area contributed by atoms with Crippen molar-refractivity contribution < 1.29 is 50.2 Å². The molecule has 3 aromatic carbocycles. The van der Waals surface area contributed by atoms with Crippen LogP contribution in [-0.2, 0) is 12.4 Å². The van der Waals surface area contributed by atoms with E-state index in [9.17, 15) is 40.7 Å². The van der Waals surface area contributed by atoms with Crippen LogP contribution in [0.15, 0.2) is 71.6 Å². The highest BCUT2D eigenvalue weighted by molar-refractivity contribution is 7.99. The first kappa shape index (κ1) is 31.0. The van der Waals surface area contributed by atoms with E-state index in [2.05, 4.69) is 10.6 Å². The third-order valence-electron chi connectivity index (χ3n) is 6.07. The lowest BCUT2D eigenvalue weighted by Gasteiger charge is -2.36. The van der Waals surface area contributed by atoms with Gasteiger partial charge in [-0.25, -0.2) is 9.59 Å². The minimum atomic E-state index is -4.67. The molecule has 0 saturated carbocycles. The first-order valence-corrected chi connectivity index (χ1v) is 13.3. The fourth-order valence-corrected chi connectivity index (χ4v) is 5.58. The number of hydrogen-bond acceptors (Lipinski definition) is 6. The van der Waals surface area contributed by atoms with Gasteiger partial charge in [0.25, 0.3) is 0 Å². The summed E-state index contributed by atoms with van der Waals surface area (Å²) in [6, 6.07) is 11.8. The number of alkyl halides is 6. The minimum absolute atomic E-state index is 0.0176. The van der Waals surface area contributed by atoms with Gasteiger partial charge < -0.3 is 20.1 Å². The number of ether oxygens (including phenoxy) is 2. The van der Waals surface area contributed by atoms with E-state index >= 15 is 0 Å². The summed E-state index contributed by atoms with van der Waals surface area (Å²) >= 11 is 7.37. The lowest BCUT2D eigenvalue weighted by molar-refractivity contribution is -0.138. The monoisotopic (exact) mass is 632 g/mol. The molecule has 1 aliphatic rings. The van der Waals surface area contributed by atoms with E-state index in [4.69, 9.17) is 21.1 Å². The Balaban J connectivity index is 1.50. The number of halogens is 7. The number of rotatable bonds is 6. The number of thioether (sulfide) groups is 1. The lowest BCUT2D eigenvalue weighted by Crippen LogP contribution is -2.53. The summed E-state index contributed by atoms with van der Waals surface area (Å²) in [5.41, 5.74) is -3.41. The summed E-state index contributed by atoms with van der Waals surface area (Å²) in [4.78, 5) is 39.1. The Morgan fingerprint density at radius 2 is 1.29 bits per heavy atom. The Hall–Kier alpha value is -3.91. The molecule has 7 nitrogen and oxygen atoms in total. The zero-order chi connectivity index (χ0) is 30.7. The van der Waals surface area contributed by atoms with Crippen LogP contribution in [0.3, 0.4) is 0 Å². The second-order valence-corrected chi connectivity index (χ2v) is 10.4. The highest BCUT2D eigenvalue weighted by Crippen LogP contribution is 2.43. The fourth-order valence-electron chi connectivity index (χ4n) is 3.96. The van der Waals surface area contributed by atoms with Crippen LogP contribution in [0.25, 0.3) is 0 Å². The number of ketones is 1. The van der Waals surface area contributed by atoms with Crippen LogP contribution in [-0.4, -0.2) is 36.8 Å². The number of nitrogens with one attached hydrogen (secondary N) is 2. The topological polar surface area (TPSA) is 93.7 Å². The number of carbonyl (C=O) groups excluding carboxylic acids is 3. The molecule has 0 aliphatic carbocycles. The number of fused-ring (bicyclic) bond motifs is 1. The van der Waals surface area contributed by atoms with Gasteiger partial charge in [0.05, 0.1) is 21.6 Å². The van der Waals surface area contributed by atoms with E-state index in [1.165, 1.54) is 12.1 Å². The molecule has 0 radical (unpaired) electrons. The van der Waals surface area contributed by atoms with Gasteiger partial charge in [-0.2, -0.15) is 26.3 Å². The van der Waals surface area contributed by atoms with E-state index in [0.29, 0.717) is 22.1 Å². The second kappa shape index (κ2) is 12.1. The van der Waals surface area contributed by atoms with Crippen molar-refractivity contribution >= 4 is 41.3 Å². The summed E-state index contributed by atoms with van der Waals surface area (Å²) < 4.78 is 87.9. The molecule has 0 fully saturated rings. The highest BCUT2D eigenvalue weighted by Gasteiger charge is 2.44. The molecule has 222 valence electrons. The smallest absolute Gasteiger partial charge is 0.410 e. The van der Waals surface area contributed by atoms with E-state index in [1.54, 1.807) is 6.07 Å². The normalized spacial score (nSPS) is 14.5. The van der Waals surface area contributed by atoms with Crippen LogP contribution >= 0.6 is 23.4 Å². The Labute approximate surface area is 243 Å². The average Bonchev–Trinajstić information content (AvgIpc) is 2.92. The van der Waals surface area contributed by atoms with Crippen molar-refractivity contribution in [2.75, 3.05) is 18.8 Å². The molecule has 0 spiro atoms. The second-order valence-electron chi connectivity index (χ2n) is 9.05. The molecule has 0 saturated heterocycles. The van der Waals surface area contributed by atoms with E-state index in [-0.39, 0.29) is 11.3 Å². The molecule has 1 aliphatic heterocycles. The Bertz CT molecular complexity index is 1440. The first-order valence-electron chi connectivity index (χ1n) is 11.9. The molecule has 0 aromatic heterocycles. The van der Waals surface area contributed by atoms with Crippen molar-refractivity contribution in [1.82, 2.24) is 10.6 Å². The Kier molecular flexibility index (Phi) is 8.97. The molecule has 3 aromatic rings. The fraction of sp³-hybridized carbons (Fsp3) is 0.222. The maximum absolute atomic E-state index is 13.6. The molecule has 42 heavy (non-hydrogen) atoms. The summed E-state index contributed by atoms with van der Waals surface area (Å²) in [6.45, 7) is -0.876. The van der Waals surface area contributed by atoms with Gasteiger partial charge in [0.2, 0.25) is 0 Å². The van der Waals surface area contributed by atoms with Crippen molar-refractivity contribution in [3.8, 4) is 11.5 Å². The van der Waals surface area contributed by atoms with Crippen LogP contribution in [0.5, 0.6) is 11.5 Å². The summed E-state index contributed by atoms with van der Waals surface area (Å²) in [7, 11) is 0. The number of Topliss-reactive ketones (excluding diaryl/α,β-unsaturated/α-hetero) is 1. The first-order chi connectivity index (χ1) is 19.7. The van der Waals surface area contributed by atoms with Crippen molar-refractivity contribution in [3.05, 3.63) is 88.4 Å². The van der Waals surface area contributed by atoms with Crippen molar-refractivity contribution in [1.29, 1.82) is 0 Å². The SMILES string of the molecule is O=C(NCC1(CNC(=O)Oc2cccc(C(F)(F)F)c2)CSc2c(Cl)cccc2C1=O)Oc1cccc(C(F)(F)F)c1. The van der Waals surface area contributed by atoms with Crippen molar-refractivity contribution in [2.45, 2.75) is 17.2 Å². The zero-order valence-corrected chi connectivity index (χ0v) is 22.6. The molecular formula is C27H19ClF6N2O5S. The molecular weight excluding hydrogens is 614 g/mol. The molecule has 4 rings (SSSR count). The summed E-state index contributed by atoms with van der Waals surface area (Å²) in [6.07, 6.45) is -11.7. The molecule has 2 N–H and O–H groups in total. The lowest BCUT2D eigenvalue weighted by atomic mass is 9.81. The standard InChI is InChI=1S/C27H19ClF6N2O5S/c28-20-9-3-8-19-21(20)42-14-25(22(19)37,12-35-23(38)40-17-6-1-4-15(10-17)26(29,30)31)13-36-24(39)41-18-7-2-5-16(11-18)27(32,33)34/h1-11H,12-14H2,(H,35,38)(H,36,39). The summed E-state index contributed by atoms with van der Waals surface area (Å²) in [5, 5.41) is 4.99. The third kappa shape index (κ3) is 7.29. The Morgan fingerprint density at radius 3 is 1.76 bits per heavy atom. The van der Waals surface area contributed by atoms with Gasteiger partial charge in [-0.3, -0.25) is 4.79 Å². The van der Waals surface area contributed by atoms with Gasteiger partial charge in [-0.05, 0) is 42.5 Å². The molecule has 0 unspecified atom stereocenters. The van der Waals surface area contributed by atoms with Crippen LogP contribution in [0.2, 0.25) is 5.02 Å². The number of benzene rings is 3. The molecule has 0 bridgehead atoms. The number of carbonyl (C=O) groups is 3. The highest BCUT2D eigenvalue weighted by atomic mass is 35.5. The average molecular weight is 633 g/mol. The third-order valence-corrected chi connectivity index (χ3v) is 7.92. The van der Waals surface area contributed by atoms with Crippen molar-refractivity contribution in [2.24, 2.45) is 5.41 Å². The van der Waals surface area contributed by atoms with Gasteiger partial charge in [0.1, 0.15) is 11.5 Å². The van der Waals surface area contributed by atoms with E-state index < -0.39 is 71.5 Å². The van der Waals surface area contributed by atoms with Gasteiger partial charge in [-0.1, -0.05) is 35.9 Å². The maximum Gasteiger partial charge on any atom is 0.416 e. The zero-order valence-electron chi connectivity index (χ0n) is 21.1.